The summed E-state index contributed by atoms with van der Waals surface area (Å²) < 4.78 is 1.75. The Morgan fingerprint density at radius 3 is 2.86 bits per heavy atom. The zero-order valence-corrected chi connectivity index (χ0v) is 14.6. The second-order valence-electron chi connectivity index (χ2n) is 5.64. The molecule has 1 aromatic carbocycles. The van der Waals surface area contributed by atoms with Gasteiger partial charge in [0.1, 0.15) is 0 Å². The molecule has 3 rings (SSSR count). The van der Waals surface area contributed by atoms with Crippen LogP contribution in [0.2, 0.25) is 0 Å². The first-order chi connectivity index (χ1) is 10.0. The summed E-state index contributed by atoms with van der Waals surface area (Å²) >= 11 is 6.85. The number of nitrogens with zero attached hydrogens (tertiary/aromatic N) is 1. The van der Waals surface area contributed by atoms with Crippen molar-refractivity contribution >= 4 is 43.7 Å². The van der Waals surface area contributed by atoms with Crippen molar-refractivity contribution < 1.29 is 9.59 Å². The fourth-order valence-corrected chi connectivity index (χ4v) is 4.34. The lowest BCUT2D eigenvalue weighted by atomic mass is 9.85. The minimum absolute atomic E-state index is 0.0599. The fraction of sp³-hybridized carbons (Fsp3) is 0.467. The zero-order valence-electron chi connectivity index (χ0n) is 11.4. The Morgan fingerprint density at radius 2 is 2.10 bits per heavy atom. The molecular weight excluding hydrogens is 400 g/mol. The van der Waals surface area contributed by atoms with Crippen molar-refractivity contribution in [1.29, 1.82) is 0 Å². The molecule has 2 aliphatic rings. The van der Waals surface area contributed by atoms with E-state index in [1.54, 1.807) is 0 Å². The first-order valence-electron chi connectivity index (χ1n) is 7.08. The van der Waals surface area contributed by atoms with E-state index in [4.69, 9.17) is 0 Å². The number of hydrogen-bond acceptors (Lipinski definition) is 2. The molecule has 2 atom stereocenters. The van der Waals surface area contributed by atoms with E-state index in [1.807, 2.05) is 23.1 Å². The fourth-order valence-electron chi connectivity index (χ4n) is 3.13. The molecule has 0 bridgehead atoms. The van der Waals surface area contributed by atoms with Gasteiger partial charge in [-0.15, -0.1) is 0 Å². The molecule has 1 N–H and O–H groups in total. The lowest BCUT2D eigenvalue weighted by Crippen LogP contribution is -2.55. The second-order valence-corrected chi connectivity index (χ2v) is 7.41. The Morgan fingerprint density at radius 1 is 1.29 bits per heavy atom. The summed E-state index contributed by atoms with van der Waals surface area (Å²) in [6, 6.07) is 5.85. The van der Waals surface area contributed by atoms with E-state index in [1.165, 1.54) is 0 Å². The third-order valence-electron chi connectivity index (χ3n) is 4.27. The quantitative estimate of drug-likeness (QED) is 0.766. The van der Waals surface area contributed by atoms with Crippen molar-refractivity contribution in [3.63, 3.8) is 0 Å². The summed E-state index contributed by atoms with van der Waals surface area (Å²) in [6.07, 6.45) is 2.29. The predicted octanol–water partition coefficient (Wildman–Crippen LogP) is 2.95. The number of benzene rings is 1. The van der Waals surface area contributed by atoms with Crippen LogP contribution in [-0.2, 0) is 4.79 Å². The Hall–Kier alpha value is -0.880. The van der Waals surface area contributed by atoms with Crippen LogP contribution in [-0.4, -0.2) is 35.8 Å². The van der Waals surface area contributed by atoms with E-state index in [0.717, 1.165) is 28.3 Å². The number of carbonyl (C=O) groups is 2. The number of rotatable bonds is 1. The van der Waals surface area contributed by atoms with Gasteiger partial charge in [0, 0.05) is 34.5 Å². The highest BCUT2D eigenvalue weighted by Crippen LogP contribution is 2.28. The normalized spacial score (nSPS) is 25.2. The summed E-state index contributed by atoms with van der Waals surface area (Å²) in [4.78, 5) is 26.0. The molecule has 2 fully saturated rings. The van der Waals surface area contributed by atoms with Crippen molar-refractivity contribution in [1.82, 2.24) is 10.2 Å². The van der Waals surface area contributed by atoms with Crippen LogP contribution in [0.1, 0.15) is 29.6 Å². The van der Waals surface area contributed by atoms with Crippen LogP contribution < -0.4 is 5.32 Å². The van der Waals surface area contributed by atoms with Gasteiger partial charge in [-0.2, -0.15) is 0 Å². The molecule has 2 aliphatic heterocycles. The van der Waals surface area contributed by atoms with Crippen molar-refractivity contribution in [2.45, 2.75) is 25.3 Å². The summed E-state index contributed by atoms with van der Waals surface area (Å²) in [5.74, 6) is 0.589. The number of fused-ring (bicyclic) bond motifs is 1. The van der Waals surface area contributed by atoms with Gasteiger partial charge in [0.15, 0.2) is 0 Å². The second kappa shape index (κ2) is 6.08. The van der Waals surface area contributed by atoms with Crippen molar-refractivity contribution in [2.24, 2.45) is 5.92 Å². The molecule has 2 saturated heterocycles. The predicted molar refractivity (Wildman–Crippen MR) is 87.0 cm³/mol. The Labute approximate surface area is 140 Å². The van der Waals surface area contributed by atoms with Crippen LogP contribution in [0.3, 0.4) is 0 Å². The molecule has 2 unspecified atom stereocenters. The van der Waals surface area contributed by atoms with Gasteiger partial charge < -0.3 is 10.2 Å². The molecule has 4 nitrogen and oxygen atoms in total. The number of nitrogens with one attached hydrogen (secondary N) is 1. The van der Waals surface area contributed by atoms with Crippen molar-refractivity contribution in [3.05, 3.63) is 32.7 Å². The highest BCUT2D eigenvalue weighted by molar-refractivity contribution is 9.11. The molecule has 0 aromatic heterocycles. The van der Waals surface area contributed by atoms with Gasteiger partial charge in [0.25, 0.3) is 5.91 Å². The summed E-state index contributed by atoms with van der Waals surface area (Å²) in [5, 5.41) is 3.04. The Balaban J connectivity index is 1.73. The van der Waals surface area contributed by atoms with Crippen molar-refractivity contribution in [2.75, 3.05) is 13.1 Å². The molecule has 1 aromatic rings. The standard InChI is InChI=1S/C15H16Br2N2O2/c16-10-2-3-11(12(17)7-10)15(21)19-6-5-13-9(8-19)1-4-14(20)18-13/h2-3,7,9,13H,1,4-6,8H2,(H,18,20). The van der Waals surface area contributed by atoms with Crippen molar-refractivity contribution in [3.8, 4) is 0 Å². The third-order valence-corrected chi connectivity index (χ3v) is 5.42. The molecule has 0 saturated carbocycles. The summed E-state index contributed by atoms with van der Waals surface area (Å²) in [5.41, 5.74) is 0.691. The monoisotopic (exact) mass is 414 g/mol. The van der Waals surface area contributed by atoms with Gasteiger partial charge in [0.05, 0.1) is 5.56 Å². The van der Waals surface area contributed by atoms with E-state index in [0.29, 0.717) is 24.4 Å². The third kappa shape index (κ3) is 3.16. The molecule has 2 amide bonds. The van der Waals surface area contributed by atoms with E-state index < -0.39 is 0 Å². The van der Waals surface area contributed by atoms with Crippen LogP contribution >= 0.6 is 31.9 Å². The summed E-state index contributed by atoms with van der Waals surface area (Å²) in [7, 11) is 0. The topological polar surface area (TPSA) is 49.4 Å². The van der Waals surface area contributed by atoms with Gasteiger partial charge in [-0.25, -0.2) is 0 Å². The van der Waals surface area contributed by atoms with E-state index in [9.17, 15) is 9.59 Å². The van der Waals surface area contributed by atoms with E-state index in [2.05, 4.69) is 37.2 Å². The van der Waals surface area contributed by atoms with Gasteiger partial charge in [-0.05, 0) is 52.9 Å². The Kier molecular flexibility index (Phi) is 4.36. The smallest absolute Gasteiger partial charge is 0.255 e. The maximum absolute atomic E-state index is 12.7. The minimum atomic E-state index is 0.0599. The van der Waals surface area contributed by atoms with Crippen LogP contribution in [0, 0.1) is 5.92 Å². The largest absolute Gasteiger partial charge is 0.353 e. The van der Waals surface area contributed by atoms with Crippen LogP contribution in [0.15, 0.2) is 27.1 Å². The molecule has 21 heavy (non-hydrogen) atoms. The first-order valence-corrected chi connectivity index (χ1v) is 8.67. The first kappa shape index (κ1) is 15.0. The molecule has 0 aliphatic carbocycles. The highest BCUT2D eigenvalue weighted by atomic mass is 79.9. The SMILES string of the molecule is O=C1CCC2CN(C(=O)c3ccc(Br)cc3Br)CCC2N1. The average molecular weight is 416 g/mol. The van der Waals surface area contributed by atoms with Gasteiger partial charge >= 0.3 is 0 Å². The molecule has 112 valence electrons. The van der Waals surface area contributed by atoms with Gasteiger partial charge in [0.2, 0.25) is 5.91 Å². The molecule has 6 heteroatoms. The molecule has 0 radical (unpaired) electrons. The van der Waals surface area contributed by atoms with Gasteiger partial charge in [-0.1, -0.05) is 15.9 Å². The van der Waals surface area contributed by atoms with Crippen LogP contribution in [0.4, 0.5) is 0 Å². The summed E-state index contributed by atoms with van der Waals surface area (Å²) in [6.45, 7) is 1.43. The average Bonchev–Trinajstić information content (AvgIpc) is 2.46. The number of hydrogen-bond donors (Lipinski definition) is 1. The maximum Gasteiger partial charge on any atom is 0.255 e. The van der Waals surface area contributed by atoms with Gasteiger partial charge in [-0.3, -0.25) is 9.59 Å². The lowest BCUT2D eigenvalue weighted by Gasteiger charge is -2.41. The lowest BCUT2D eigenvalue weighted by molar-refractivity contribution is -0.125. The van der Waals surface area contributed by atoms with E-state index in [-0.39, 0.29) is 17.9 Å². The Bertz CT molecular complexity index is 591. The number of carbonyl (C=O) groups excluding carboxylic acids is 2. The molecule has 0 spiro atoms. The molecule has 2 heterocycles. The number of piperidine rings is 2. The maximum atomic E-state index is 12.7. The number of likely N-dealkylation sites (tertiary alicyclic amines) is 1. The molecular formula is C15H16Br2N2O2. The zero-order chi connectivity index (χ0) is 15.0. The highest BCUT2D eigenvalue weighted by Gasteiger charge is 2.35. The number of halogens is 2. The minimum Gasteiger partial charge on any atom is -0.353 e. The van der Waals surface area contributed by atoms with E-state index >= 15 is 0 Å². The van der Waals surface area contributed by atoms with Crippen LogP contribution in [0.5, 0.6) is 0 Å². The van der Waals surface area contributed by atoms with Crippen LogP contribution in [0.25, 0.3) is 0 Å². The number of amides is 2.